The molecular formula is C19H16ClN9. The van der Waals surface area contributed by atoms with Gasteiger partial charge in [0.25, 0.3) is 0 Å². The predicted molar refractivity (Wildman–Crippen MR) is 111 cm³/mol. The van der Waals surface area contributed by atoms with Gasteiger partial charge in [0.2, 0.25) is 5.95 Å². The van der Waals surface area contributed by atoms with Gasteiger partial charge in [-0.25, -0.2) is 4.98 Å². The summed E-state index contributed by atoms with van der Waals surface area (Å²) in [7, 11) is 0. The fourth-order valence-corrected chi connectivity index (χ4v) is 3.30. The summed E-state index contributed by atoms with van der Waals surface area (Å²) in [6.45, 7) is 1.93. The lowest BCUT2D eigenvalue weighted by Gasteiger charge is -2.16. The molecule has 29 heavy (non-hydrogen) atoms. The lowest BCUT2D eigenvalue weighted by molar-refractivity contribution is 0.874. The Labute approximate surface area is 171 Å². The number of nitrogen functional groups attached to an aromatic ring is 2. The van der Waals surface area contributed by atoms with Gasteiger partial charge in [-0.1, -0.05) is 11.6 Å². The summed E-state index contributed by atoms with van der Waals surface area (Å²) < 4.78 is 1.93. The lowest BCUT2D eigenvalue weighted by Crippen LogP contribution is -2.12. The van der Waals surface area contributed by atoms with Crippen LogP contribution in [-0.4, -0.2) is 24.5 Å². The molecule has 4 aromatic rings. The first kappa shape index (κ1) is 18.5. The van der Waals surface area contributed by atoms with Crippen LogP contribution < -0.4 is 16.8 Å². The first-order chi connectivity index (χ1) is 14.0. The number of anilines is 3. The topological polar surface area (TPSA) is 144 Å². The van der Waals surface area contributed by atoms with Crippen LogP contribution in [0.15, 0.2) is 43.0 Å². The highest BCUT2D eigenvalue weighted by atomic mass is 35.5. The van der Waals surface area contributed by atoms with Crippen molar-refractivity contribution in [2.24, 2.45) is 0 Å². The minimum Gasteiger partial charge on any atom is -0.382 e. The second-order valence-electron chi connectivity index (χ2n) is 6.36. The van der Waals surface area contributed by atoms with Gasteiger partial charge in [-0.3, -0.25) is 9.55 Å². The number of fused-ring (bicyclic) bond motifs is 1. The maximum absolute atomic E-state index is 9.41. The van der Waals surface area contributed by atoms with Crippen molar-refractivity contribution < 1.29 is 0 Å². The van der Waals surface area contributed by atoms with E-state index in [1.807, 2.05) is 42.0 Å². The van der Waals surface area contributed by atoms with Crippen LogP contribution in [0.5, 0.6) is 0 Å². The number of rotatable bonds is 4. The Morgan fingerprint density at radius 2 is 2.10 bits per heavy atom. The van der Waals surface area contributed by atoms with Gasteiger partial charge in [0, 0.05) is 29.5 Å². The molecule has 10 heteroatoms. The van der Waals surface area contributed by atoms with Gasteiger partial charge >= 0.3 is 0 Å². The number of aromatic nitrogens is 5. The van der Waals surface area contributed by atoms with Crippen molar-refractivity contribution in [1.82, 2.24) is 24.5 Å². The zero-order valence-electron chi connectivity index (χ0n) is 15.3. The average molecular weight is 406 g/mol. The Hall–Kier alpha value is -3.90. The standard InChI is InChI=1S/C19H16ClN9/c1-10(26-17-14(6-21)16(22)27-19(23)28-17)15-9-29(12-3-2-4-24-8-12)18-13(15)5-11(20)7-25-18/h2-5,7-10H,1H3,(H5,22,23,26,27,28)/t10-/m0/s1. The maximum atomic E-state index is 9.41. The average Bonchev–Trinajstić information content (AvgIpc) is 3.07. The van der Waals surface area contributed by atoms with Crippen LogP contribution in [0.4, 0.5) is 17.6 Å². The molecule has 0 aliphatic carbocycles. The molecule has 0 saturated heterocycles. The lowest BCUT2D eigenvalue weighted by atomic mass is 10.1. The molecule has 4 heterocycles. The predicted octanol–water partition coefficient (Wildman–Crippen LogP) is 3.07. The molecule has 0 spiro atoms. The van der Waals surface area contributed by atoms with Gasteiger partial charge in [-0.2, -0.15) is 15.2 Å². The second-order valence-corrected chi connectivity index (χ2v) is 6.80. The molecule has 4 rings (SSSR count). The van der Waals surface area contributed by atoms with Crippen molar-refractivity contribution in [2.75, 3.05) is 16.8 Å². The van der Waals surface area contributed by atoms with Crippen LogP contribution in [0, 0.1) is 11.3 Å². The monoisotopic (exact) mass is 405 g/mol. The van der Waals surface area contributed by atoms with E-state index in [0.717, 1.165) is 22.3 Å². The fourth-order valence-electron chi connectivity index (χ4n) is 3.14. The summed E-state index contributed by atoms with van der Waals surface area (Å²) in [6, 6.07) is 7.37. The first-order valence-corrected chi connectivity index (χ1v) is 9.02. The van der Waals surface area contributed by atoms with E-state index in [2.05, 4.69) is 25.3 Å². The van der Waals surface area contributed by atoms with Gasteiger partial charge in [-0.05, 0) is 25.1 Å². The van der Waals surface area contributed by atoms with E-state index in [1.54, 1.807) is 18.6 Å². The minimum absolute atomic E-state index is 0.0151. The van der Waals surface area contributed by atoms with Crippen molar-refractivity contribution in [1.29, 1.82) is 5.26 Å². The number of hydrogen-bond acceptors (Lipinski definition) is 8. The molecule has 4 aromatic heterocycles. The largest absolute Gasteiger partial charge is 0.382 e. The SMILES string of the molecule is C[C@H](Nc1nc(N)nc(N)c1C#N)c1cn(-c2cccnc2)c2ncc(Cl)cc12. The Balaban J connectivity index is 1.82. The molecule has 0 unspecified atom stereocenters. The van der Waals surface area contributed by atoms with E-state index < -0.39 is 0 Å². The first-order valence-electron chi connectivity index (χ1n) is 8.64. The summed E-state index contributed by atoms with van der Waals surface area (Å²) in [5, 5.41) is 14.0. The summed E-state index contributed by atoms with van der Waals surface area (Å²) >= 11 is 6.20. The number of hydrogen-bond donors (Lipinski definition) is 3. The summed E-state index contributed by atoms with van der Waals surface area (Å²) in [5.74, 6) is 0.276. The molecule has 0 aromatic carbocycles. The Morgan fingerprint density at radius 3 is 2.83 bits per heavy atom. The quantitative estimate of drug-likeness (QED) is 0.469. The van der Waals surface area contributed by atoms with E-state index in [-0.39, 0.29) is 29.2 Å². The molecule has 0 bridgehead atoms. The minimum atomic E-state index is -0.267. The molecule has 0 aliphatic heterocycles. The van der Waals surface area contributed by atoms with Crippen LogP contribution in [0.3, 0.4) is 0 Å². The molecular weight excluding hydrogens is 390 g/mol. The van der Waals surface area contributed by atoms with E-state index in [0.29, 0.717) is 5.02 Å². The van der Waals surface area contributed by atoms with E-state index in [9.17, 15) is 5.26 Å². The normalized spacial score (nSPS) is 11.9. The Bertz CT molecular complexity index is 1240. The third kappa shape index (κ3) is 3.37. The van der Waals surface area contributed by atoms with E-state index >= 15 is 0 Å². The fraction of sp³-hybridized carbons (Fsp3) is 0.105. The molecule has 144 valence electrons. The molecule has 0 amide bonds. The molecule has 0 fully saturated rings. The van der Waals surface area contributed by atoms with Crippen LogP contribution >= 0.6 is 11.6 Å². The number of halogens is 1. The summed E-state index contributed by atoms with van der Waals surface area (Å²) in [6.07, 6.45) is 7.00. The molecule has 9 nitrogen and oxygen atoms in total. The number of nitrogens with zero attached hydrogens (tertiary/aromatic N) is 6. The van der Waals surface area contributed by atoms with Crippen molar-refractivity contribution in [3.63, 3.8) is 0 Å². The van der Waals surface area contributed by atoms with E-state index in [1.165, 1.54) is 0 Å². The summed E-state index contributed by atoms with van der Waals surface area (Å²) in [5.41, 5.74) is 14.1. The van der Waals surface area contributed by atoms with Crippen molar-refractivity contribution in [3.05, 3.63) is 59.1 Å². The van der Waals surface area contributed by atoms with Crippen LogP contribution in [0.25, 0.3) is 16.7 Å². The summed E-state index contributed by atoms with van der Waals surface area (Å²) in [4.78, 5) is 16.6. The highest BCUT2D eigenvalue weighted by Crippen LogP contribution is 2.32. The number of nitriles is 1. The third-order valence-corrected chi connectivity index (χ3v) is 4.66. The number of nitrogens with two attached hydrogens (primary N) is 2. The highest BCUT2D eigenvalue weighted by molar-refractivity contribution is 6.31. The van der Waals surface area contributed by atoms with Crippen LogP contribution in [0.1, 0.15) is 24.1 Å². The van der Waals surface area contributed by atoms with Crippen LogP contribution in [0.2, 0.25) is 5.02 Å². The third-order valence-electron chi connectivity index (χ3n) is 4.45. The van der Waals surface area contributed by atoms with Crippen molar-refractivity contribution >= 4 is 40.2 Å². The molecule has 1 atom stereocenters. The number of nitrogens with one attached hydrogen (secondary N) is 1. The molecule has 0 saturated carbocycles. The molecule has 5 N–H and O–H groups in total. The van der Waals surface area contributed by atoms with Crippen molar-refractivity contribution in [3.8, 4) is 11.8 Å². The second kappa shape index (κ2) is 7.26. The Kier molecular flexibility index (Phi) is 4.62. The molecule has 0 radical (unpaired) electrons. The van der Waals surface area contributed by atoms with Gasteiger partial charge in [-0.15, -0.1) is 0 Å². The van der Waals surface area contributed by atoms with Gasteiger partial charge in [0.1, 0.15) is 23.1 Å². The van der Waals surface area contributed by atoms with Crippen molar-refractivity contribution in [2.45, 2.75) is 13.0 Å². The van der Waals surface area contributed by atoms with Crippen LogP contribution in [-0.2, 0) is 0 Å². The highest BCUT2D eigenvalue weighted by Gasteiger charge is 2.19. The zero-order chi connectivity index (χ0) is 20.5. The van der Waals surface area contributed by atoms with Gasteiger partial charge < -0.3 is 16.8 Å². The Morgan fingerprint density at radius 1 is 1.28 bits per heavy atom. The van der Waals surface area contributed by atoms with Gasteiger partial charge in [0.15, 0.2) is 5.82 Å². The van der Waals surface area contributed by atoms with Gasteiger partial charge in [0.05, 0.1) is 22.9 Å². The smallest absolute Gasteiger partial charge is 0.224 e. The molecule has 0 aliphatic rings. The zero-order valence-corrected chi connectivity index (χ0v) is 16.1. The number of pyridine rings is 2. The maximum Gasteiger partial charge on any atom is 0.224 e. The van der Waals surface area contributed by atoms with E-state index in [4.69, 9.17) is 23.1 Å².